The lowest BCUT2D eigenvalue weighted by Crippen LogP contribution is -2.35. The molecule has 1 aliphatic rings. The number of hydrogen-bond donors (Lipinski definition) is 0. The molecule has 18 heavy (non-hydrogen) atoms. The third-order valence-electron chi connectivity index (χ3n) is 3.30. The van der Waals surface area contributed by atoms with Crippen molar-refractivity contribution in [1.29, 1.82) is 0 Å². The fraction of sp³-hybridized carbons (Fsp3) is 0.923. The molecule has 0 radical (unpaired) electrons. The Hall–Kier alpha value is -0.650. The van der Waals surface area contributed by atoms with E-state index in [9.17, 15) is 4.79 Å². The van der Waals surface area contributed by atoms with Gasteiger partial charge in [0.15, 0.2) is 6.29 Å². The van der Waals surface area contributed by atoms with Crippen LogP contribution in [-0.4, -0.2) is 57.1 Å². The van der Waals surface area contributed by atoms with Crippen molar-refractivity contribution in [3.8, 4) is 0 Å². The number of nitrogens with zero attached hydrogens (tertiary/aromatic N) is 1. The van der Waals surface area contributed by atoms with Crippen molar-refractivity contribution >= 4 is 5.97 Å². The van der Waals surface area contributed by atoms with Gasteiger partial charge >= 0.3 is 5.97 Å². The molecule has 5 nitrogen and oxygen atoms in total. The standard InChI is InChI=1S/C13H25NO4/c1-5-17-12(18-6-2)9-14-7-10(3)11(8-14)13(15)16-4/h10-12H,5-9H2,1-4H3. The molecule has 106 valence electrons. The van der Waals surface area contributed by atoms with Crippen LogP contribution in [0.5, 0.6) is 0 Å². The van der Waals surface area contributed by atoms with Gasteiger partial charge in [0.05, 0.1) is 13.0 Å². The van der Waals surface area contributed by atoms with Crippen LogP contribution in [0.25, 0.3) is 0 Å². The molecule has 2 unspecified atom stereocenters. The van der Waals surface area contributed by atoms with E-state index in [-0.39, 0.29) is 18.2 Å². The van der Waals surface area contributed by atoms with Crippen LogP contribution < -0.4 is 0 Å². The van der Waals surface area contributed by atoms with E-state index in [0.29, 0.717) is 25.7 Å². The molecule has 1 saturated heterocycles. The van der Waals surface area contributed by atoms with E-state index in [1.807, 2.05) is 13.8 Å². The Bertz CT molecular complexity index is 253. The summed E-state index contributed by atoms with van der Waals surface area (Å²) < 4.78 is 15.9. The smallest absolute Gasteiger partial charge is 0.310 e. The van der Waals surface area contributed by atoms with E-state index in [2.05, 4.69) is 11.8 Å². The van der Waals surface area contributed by atoms with Gasteiger partial charge in [-0.3, -0.25) is 9.69 Å². The lowest BCUT2D eigenvalue weighted by Gasteiger charge is -2.23. The lowest BCUT2D eigenvalue weighted by molar-refractivity contribution is -0.149. The van der Waals surface area contributed by atoms with Gasteiger partial charge in [0.1, 0.15) is 0 Å². The first-order valence-electron chi connectivity index (χ1n) is 6.65. The zero-order valence-electron chi connectivity index (χ0n) is 11.8. The van der Waals surface area contributed by atoms with Crippen LogP contribution in [0.1, 0.15) is 20.8 Å². The Morgan fingerprint density at radius 2 is 1.89 bits per heavy atom. The average molecular weight is 259 g/mol. The highest BCUT2D eigenvalue weighted by Crippen LogP contribution is 2.24. The molecule has 0 spiro atoms. The van der Waals surface area contributed by atoms with E-state index in [4.69, 9.17) is 14.2 Å². The molecule has 5 heteroatoms. The Balaban J connectivity index is 2.46. The molecule has 0 aromatic carbocycles. The first-order chi connectivity index (χ1) is 8.62. The van der Waals surface area contributed by atoms with Crippen molar-refractivity contribution in [3.05, 3.63) is 0 Å². The number of ether oxygens (including phenoxy) is 3. The summed E-state index contributed by atoms with van der Waals surface area (Å²) in [5, 5.41) is 0. The van der Waals surface area contributed by atoms with Crippen LogP contribution >= 0.6 is 0 Å². The van der Waals surface area contributed by atoms with Crippen LogP contribution in [0.15, 0.2) is 0 Å². The molecule has 0 bridgehead atoms. The maximum Gasteiger partial charge on any atom is 0.310 e. The zero-order chi connectivity index (χ0) is 13.5. The van der Waals surface area contributed by atoms with E-state index >= 15 is 0 Å². The molecule has 1 heterocycles. The average Bonchev–Trinajstić information content (AvgIpc) is 2.70. The molecule has 0 saturated carbocycles. The van der Waals surface area contributed by atoms with E-state index in [0.717, 1.165) is 13.1 Å². The quantitative estimate of drug-likeness (QED) is 0.506. The predicted octanol–water partition coefficient (Wildman–Crippen LogP) is 1.13. The van der Waals surface area contributed by atoms with Gasteiger partial charge in [-0.25, -0.2) is 0 Å². The largest absolute Gasteiger partial charge is 0.469 e. The van der Waals surface area contributed by atoms with Crippen molar-refractivity contribution in [2.24, 2.45) is 11.8 Å². The van der Waals surface area contributed by atoms with E-state index in [1.165, 1.54) is 7.11 Å². The molecular weight excluding hydrogens is 234 g/mol. The summed E-state index contributed by atoms with van der Waals surface area (Å²) in [5.74, 6) is 0.176. The first kappa shape index (κ1) is 15.4. The van der Waals surface area contributed by atoms with E-state index in [1.54, 1.807) is 0 Å². The summed E-state index contributed by atoms with van der Waals surface area (Å²) in [5.41, 5.74) is 0. The van der Waals surface area contributed by atoms with Crippen molar-refractivity contribution in [2.75, 3.05) is 40.0 Å². The first-order valence-corrected chi connectivity index (χ1v) is 6.65. The summed E-state index contributed by atoms with van der Waals surface area (Å²) >= 11 is 0. The monoisotopic (exact) mass is 259 g/mol. The van der Waals surface area contributed by atoms with Crippen LogP contribution in [0.2, 0.25) is 0 Å². The van der Waals surface area contributed by atoms with Crippen LogP contribution in [0.3, 0.4) is 0 Å². The second-order valence-electron chi connectivity index (χ2n) is 4.67. The normalized spacial score (nSPS) is 24.7. The molecule has 1 rings (SSSR count). The third kappa shape index (κ3) is 4.23. The van der Waals surface area contributed by atoms with Crippen molar-refractivity contribution in [3.63, 3.8) is 0 Å². The van der Waals surface area contributed by atoms with Crippen molar-refractivity contribution < 1.29 is 19.0 Å². The molecule has 0 aromatic rings. The van der Waals surface area contributed by atoms with Gasteiger partial charge < -0.3 is 14.2 Å². The molecule has 2 atom stereocenters. The number of rotatable bonds is 7. The highest BCUT2D eigenvalue weighted by Gasteiger charge is 2.36. The minimum absolute atomic E-state index is 0.0288. The SMILES string of the molecule is CCOC(CN1CC(C)C(C(=O)OC)C1)OCC. The number of carbonyl (C=O) groups excluding carboxylic acids is 1. The topological polar surface area (TPSA) is 48.0 Å². The summed E-state index contributed by atoms with van der Waals surface area (Å²) in [6, 6.07) is 0. The van der Waals surface area contributed by atoms with Crippen LogP contribution in [-0.2, 0) is 19.0 Å². The zero-order valence-corrected chi connectivity index (χ0v) is 11.8. The second-order valence-corrected chi connectivity index (χ2v) is 4.67. The third-order valence-corrected chi connectivity index (χ3v) is 3.30. The Morgan fingerprint density at radius 3 is 2.39 bits per heavy atom. The summed E-state index contributed by atoms with van der Waals surface area (Å²) in [6.07, 6.45) is -0.205. The minimum atomic E-state index is -0.205. The van der Waals surface area contributed by atoms with Crippen LogP contribution in [0.4, 0.5) is 0 Å². The van der Waals surface area contributed by atoms with Gasteiger partial charge in [-0.1, -0.05) is 6.92 Å². The Labute approximate surface area is 109 Å². The number of hydrogen-bond acceptors (Lipinski definition) is 5. The molecule has 1 fully saturated rings. The maximum atomic E-state index is 11.6. The van der Waals surface area contributed by atoms with Gasteiger partial charge in [0.2, 0.25) is 0 Å². The van der Waals surface area contributed by atoms with Crippen molar-refractivity contribution in [1.82, 2.24) is 4.90 Å². The molecular formula is C13H25NO4. The van der Waals surface area contributed by atoms with Gasteiger partial charge in [-0.15, -0.1) is 0 Å². The number of esters is 1. The molecule has 0 aromatic heterocycles. The predicted molar refractivity (Wildman–Crippen MR) is 68.2 cm³/mol. The van der Waals surface area contributed by atoms with Gasteiger partial charge in [-0.2, -0.15) is 0 Å². The Morgan fingerprint density at radius 1 is 1.28 bits per heavy atom. The second kappa shape index (κ2) is 7.71. The number of carbonyl (C=O) groups is 1. The highest BCUT2D eigenvalue weighted by atomic mass is 16.7. The summed E-state index contributed by atoms with van der Waals surface area (Å²) in [6.45, 7) is 9.58. The van der Waals surface area contributed by atoms with Gasteiger partial charge in [0, 0.05) is 32.8 Å². The number of likely N-dealkylation sites (tertiary alicyclic amines) is 1. The lowest BCUT2D eigenvalue weighted by atomic mass is 9.99. The molecule has 1 aliphatic heterocycles. The number of methoxy groups -OCH3 is 1. The van der Waals surface area contributed by atoms with Crippen LogP contribution in [0, 0.1) is 11.8 Å². The van der Waals surface area contributed by atoms with Gasteiger partial charge in [-0.05, 0) is 19.8 Å². The fourth-order valence-corrected chi connectivity index (χ4v) is 2.41. The molecule has 0 amide bonds. The van der Waals surface area contributed by atoms with E-state index < -0.39 is 0 Å². The summed E-state index contributed by atoms with van der Waals surface area (Å²) in [4.78, 5) is 13.8. The van der Waals surface area contributed by atoms with Gasteiger partial charge in [0.25, 0.3) is 0 Å². The molecule has 0 aliphatic carbocycles. The molecule has 0 N–H and O–H groups in total. The summed E-state index contributed by atoms with van der Waals surface area (Å²) in [7, 11) is 1.45. The van der Waals surface area contributed by atoms with Crippen molar-refractivity contribution in [2.45, 2.75) is 27.1 Å². The minimum Gasteiger partial charge on any atom is -0.469 e. The maximum absolute atomic E-state index is 11.6. The Kier molecular flexibility index (Phi) is 6.60. The fourth-order valence-electron chi connectivity index (χ4n) is 2.41. The highest BCUT2D eigenvalue weighted by molar-refractivity contribution is 5.73.